The summed E-state index contributed by atoms with van der Waals surface area (Å²) in [5.41, 5.74) is 6.35. The molecule has 24 nitrogen and oxygen atoms in total. The van der Waals surface area contributed by atoms with Gasteiger partial charge in [0.25, 0.3) is 5.56 Å². The average molecular weight is 666 g/mol. The van der Waals surface area contributed by atoms with Gasteiger partial charge in [-0.05, 0) is 5.53 Å². The van der Waals surface area contributed by atoms with Crippen LogP contribution in [0.15, 0.2) is 27.1 Å². The number of aliphatic hydroxyl groups is 5. The van der Waals surface area contributed by atoms with Gasteiger partial charge in [0.1, 0.15) is 54.6 Å². The van der Waals surface area contributed by atoms with Gasteiger partial charge < -0.3 is 59.8 Å². The maximum atomic E-state index is 11.7. The fraction of sp³-hybridized carbons (Fsp3) is 0.706. The number of hydrogen-bond acceptors (Lipinski definition) is 16. The second kappa shape index (κ2) is 15.3. The first-order valence-electron chi connectivity index (χ1n) is 11.6. The molecule has 0 bridgehead atoms. The third-order valence-electron chi connectivity index (χ3n) is 5.50. The van der Waals surface area contributed by atoms with Gasteiger partial charge >= 0.3 is 21.3 Å². The first-order chi connectivity index (χ1) is 19.9. The first-order valence-corrected chi connectivity index (χ1v) is 14.6. The van der Waals surface area contributed by atoms with Crippen molar-refractivity contribution < 1.29 is 77.3 Å². The highest BCUT2D eigenvalue weighted by Crippen LogP contribution is 2.57. The molecule has 10 atom stereocenters. The van der Waals surface area contributed by atoms with Crippen molar-refractivity contribution >= 4 is 21.6 Å². The number of H-pyrrole nitrogens is 1. The number of aromatic amines is 1. The summed E-state index contributed by atoms with van der Waals surface area (Å²) in [4.78, 5) is 68.3. The highest BCUT2D eigenvalue weighted by Gasteiger charge is 2.46. The van der Waals surface area contributed by atoms with E-state index >= 15 is 0 Å². The Morgan fingerprint density at radius 1 is 1.07 bits per heavy atom. The molecule has 1 aromatic rings. The van der Waals surface area contributed by atoms with Crippen molar-refractivity contribution in [3.8, 4) is 0 Å². The Kier molecular flexibility index (Phi) is 13.0. The van der Waals surface area contributed by atoms with Crippen molar-refractivity contribution in [2.45, 2.75) is 62.1 Å². The molecule has 2 aliphatic rings. The predicted octanol–water partition coefficient (Wildman–Crippen LogP) is -4.45. The van der Waals surface area contributed by atoms with Crippen molar-refractivity contribution in [3.05, 3.63) is 43.5 Å². The standard InChI is InChI=1S/C9H14N2O12P2.C8H14N4O6/c12-5-1-2-11(9(15)10-5)8-7(14)6(13)4(22-8)3-21-25(19,20)23-24(16,17)18;1-3(13)10-5-7(15)6(14)4(18-8(5)16)2-17-12-11-9/h1-2,4,6-8,13-14H,3H2,(H,19,20)(H,10,12,15)(H2,16,17,18);4-8,14-16H,2H2,1H3,(H,10,13)/t4-,6-,7-,8-;4-,5-,6-,7-,8?/m11/s1. The van der Waals surface area contributed by atoms with Crippen LogP contribution >= 0.6 is 15.6 Å². The molecule has 10 N–H and O–H groups in total. The Bertz CT molecular complexity index is 1360. The Balaban J connectivity index is 0.000000317. The van der Waals surface area contributed by atoms with Crippen LogP contribution in [0, 0.1) is 0 Å². The van der Waals surface area contributed by atoms with Crippen LogP contribution in [0.4, 0.5) is 0 Å². The number of carbonyl (C=O) groups excluding carboxylic acids is 1. The van der Waals surface area contributed by atoms with Crippen LogP contribution in [0.3, 0.4) is 0 Å². The first kappa shape index (κ1) is 36.4. The molecule has 0 radical (unpaired) electrons. The maximum absolute atomic E-state index is 11.7. The molecule has 1 aromatic heterocycles. The second-order valence-corrected chi connectivity index (χ2v) is 11.5. The third kappa shape index (κ3) is 10.7. The number of phosphoric ester groups is 1. The fourth-order valence-electron chi connectivity index (χ4n) is 3.66. The van der Waals surface area contributed by atoms with Gasteiger partial charge in [0.15, 0.2) is 12.5 Å². The number of aliphatic hydroxyl groups excluding tert-OH is 5. The summed E-state index contributed by atoms with van der Waals surface area (Å²) in [6.07, 6.45) is -10.7. The number of carbonyl (C=O) groups is 1. The van der Waals surface area contributed by atoms with Crippen LogP contribution in [0.25, 0.3) is 10.4 Å². The van der Waals surface area contributed by atoms with Crippen molar-refractivity contribution in [1.82, 2.24) is 14.9 Å². The lowest BCUT2D eigenvalue weighted by Gasteiger charge is -2.40. The van der Waals surface area contributed by atoms with Crippen LogP contribution < -0.4 is 16.6 Å². The van der Waals surface area contributed by atoms with E-state index in [0.717, 1.165) is 16.8 Å². The number of nitrogens with zero attached hydrogens (tertiary/aromatic N) is 4. The van der Waals surface area contributed by atoms with Gasteiger partial charge in [-0.2, -0.15) is 4.31 Å². The Morgan fingerprint density at radius 3 is 2.23 bits per heavy atom. The van der Waals surface area contributed by atoms with Crippen LogP contribution in [0.5, 0.6) is 0 Å². The van der Waals surface area contributed by atoms with E-state index in [1.54, 1.807) is 0 Å². The SMILES string of the molecule is CC(=O)N[C@H]1C(O)O[C@H](CON=[N+]=[N-])[C@@H](O)[C@@H]1O.O=c1ccn([C@@H]2O[C@H](COP(=O)(O)OP(=O)(O)O)[C@@H](O)[C@H]2O)c(=O)[nH]1. The van der Waals surface area contributed by atoms with E-state index in [-0.39, 0.29) is 6.61 Å². The average Bonchev–Trinajstić information content (AvgIpc) is 3.16. The van der Waals surface area contributed by atoms with Crippen LogP contribution in [-0.4, -0.2) is 118 Å². The van der Waals surface area contributed by atoms with E-state index in [2.05, 4.69) is 29.2 Å². The Morgan fingerprint density at radius 2 is 1.67 bits per heavy atom. The quantitative estimate of drug-likeness (QED) is 0.0370. The van der Waals surface area contributed by atoms with Gasteiger partial charge in [0.2, 0.25) is 5.91 Å². The van der Waals surface area contributed by atoms with Gasteiger partial charge in [0, 0.05) is 24.1 Å². The largest absolute Gasteiger partial charge is 0.481 e. The number of amides is 1. The lowest BCUT2D eigenvalue weighted by Crippen LogP contribution is -2.64. The molecule has 3 rings (SSSR count). The molecule has 2 saturated heterocycles. The number of aromatic nitrogens is 2. The Hall–Kier alpha value is -2.76. The number of nitrogens with one attached hydrogen (secondary N) is 2. The van der Waals surface area contributed by atoms with Crippen molar-refractivity contribution in [2.75, 3.05) is 13.2 Å². The van der Waals surface area contributed by atoms with E-state index in [0.29, 0.717) is 0 Å². The second-order valence-electron chi connectivity index (χ2n) is 8.64. The van der Waals surface area contributed by atoms with E-state index in [1.165, 1.54) is 6.92 Å². The van der Waals surface area contributed by atoms with Crippen LogP contribution in [-0.2, 0) is 37.1 Å². The smallest absolute Gasteiger partial charge is 0.431 e. The van der Waals surface area contributed by atoms with E-state index in [1.807, 2.05) is 4.98 Å². The number of phosphoric acid groups is 2. The molecule has 3 heterocycles. The molecule has 0 spiro atoms. The number of hydrogen-bond donors (Lipinski definition) is 10. The predicted molar refractivity (Wildman–Crippen MR) is 132 cm³/mol. The molecule has 2 unspecified atom stereocenters. The fourth-order valence-corrected chi connectivity index (χ4v) is 5.26. The summed E-state index contributed by atoms with van der Waals surface area (Å²) in [7, 11) is -10.5. The third-order valence-corrected chi connectivity index (χ3v) is 7.65. The van der Waals surface area contributed by atoms with Gasteiger partial charge in [-0.3, -0.25) is 23.7 Å². The molecule has 1 amide bonds. The lowest BCUT2D eigenvalue weighted by atomic mass is 9.97. The maximum Gasteiger partial charge on any atom is 0.481 e. The molecule has 0 saturated carbocycles. The summed E-state index contributed by atoms with van der Waals surface area (Å²) in [5.74, 6) is -0.488. The minimum Gasteiger partial charge on any atom is -0.431 e. The topological polar surface area (TPSA) is 375 Å². The van der Waals surface area contributed by atoms with E-state index < -0.39 is 94.6 Å². The monoisotopic (exact) mass is 666 g/mol. The van der Waals surface area contributed by atoms with E-state index in [4.69, 9.17) is 29.7 Å². The molecule has 2 aliphatic heterocycles. The molecule has 43 heavy (non-hydrogen) atoms. The molecule has 244 valence electrons. The summed E-state index contributed by atoms with van der Waals surface area (Å²) in [6, 6.07) is -0.183. The number of ether oxygens (including phenoxy) is 2. The minimum atomic E-state index is -5.32. The number of azide groups is 1. The molecule has 26 heteroatoms. The normalized spacial score (nSPS) is 32.0. The molecular formula is C17H28N6O18P2. The summed E-state index contributed by atoms with van der Waals surface area (Å²) in [6.45, 7) is -0.0462. The van der Waals surface area contributed by atoms with Gasteiger partial charge in [-0.15, -0.1) is 0 Å². The molecule has 0 aliphatic carbocycles. The zero-order chi connectivity index (χ0) is 32.7. The molecular weight excluding hydrogens is 638 g/mol. The highest BCUT2D eigenvalue weighted by molar-refractivity contribution is 7.60. The van der Waals surface area contributed by atoms with Crippen molar-refractivity contribution in [3.63, 3.8) is 0 Å². The highest BCUT2D eigenvalue weighted by atomic mass is 31.3. The summed E-state index contributed by atoms with van der Waals surface area (Å²) < 4.78 is 40.6. The van der Waals surface area contributed by atoms with Crippen molar-refractivity contribution in [1.29, 1.82) is 0 Å². The summed E-state index contributed by atoms with van der Waals surface area (Å²) in [5, 5.41) is 53.8. The summed E-state index contributed by atoms with van der Waals surface area (Å²) >= 11 is 0. The zero-order valence-electron chi connectivity index (χ0n) is 21.6. The Labute approximate surface area is 238 Å². The van der Waals surface area contributed by atoms with E-state index in [9.17, 15) is 49.0 Å². The van der Waals surface area contributed by atoms with Crippen LogP contribution in [0.2, 0.25) is 0 Å². The van der Waals surface area contributed by atoms with Crippen LogP contribution in [0.1, 0.15) is 13.2 Å². The zero-order valence-corrected chi connectivity index (χ0v) is 23.4. The molecule has 0 aromatic carbocycles. The van der Waals surface area contributed by atoms with Gasteiger partial charge in [-0.25, -0.2) is 13.9 Å². The minimum absolute atomic E-state index is 0.341. The lowest BCUT2D eigenvalue weighted by molar-refractivity contribution is -0.256. The molecule has 2 fully saturated rings. The number of rotatable bonds is 10. The van der Waals surface area contributed by atoms with Gasteiger partial charge in [-0.1, -0.05) is 0 Å². The van der Waals surface area contributed by atoms with Gasteiger partial charge in [0.05, 0.1) is 6.61 Å². The van der Waals surface area contributed by atoms with Crippen molar-refractivity contribution in [2.24, 2.45) is 5.28 Å².